The Morgan fingerprint density at radius 2 is 2.24 bits per heavy atom. The van der Waals surface area contributed by atoms with Gasteiger partial charge in [0.05, 0.1) is 12.2 Å². The van der Waals surface area contributed by atoms with Crippen molar-refractivity contribution < 1.29 is 19.4 Å². The third kappa shape index (κ3) is 3.33. The average molecular weight is 292 g/mol. The molecular formula is C15H20N2O4. The van der Waals surface area contributed by atoms with Crippen molar-refractivity contribution in [3.8, 4) is 5.75 Å². The maximum absolute atomic E-state index is 12.6. The van der Waals surface area contributed by atoms with Gasteiger partial charge in [-0.25, -0.2) is 4.79 Å². The number of carbonyl (C=O) groups is 2. The first-order chi connectivity index (χ1) is 10.0. The number of piperazine rings is 1. The molecule has 1 aliphatic rings. The number of phenolic OH excluding ortho intramolecular Hbond substituents is 1. The Morgan fingerprint density at radius 1 is 1.48 bits per heavy atom. The van der Waals surface area contributed by atoms with Gasteiger partial charge in [0.25, 0.3) is 5.91 Å². The Morgan fingerprint density at radius 3 is 2.95 bits per heavy atom. The van der Waals surface area contributed by atoms with Crippen molar-refractivity contribution in [3.63, 3.8) is 0 Å². The molecule has 1 amide bonds. The van der Waals surface area contributed by atoms with Crippen molar-refractivity contribution in [2.24, 2.45) is 0 Å². The minimum Gasteiger partial charge on any atom is -0.507 e. The van der Waals surface area contributed by atoms with Crippen LogP contribution in [0, 0.1) is 6.92 Å². The molecule has 6 heteroatoms. The van der Waals surface area contributed by atoms with E-state index in [0.29, 0.717) is 19.6 Å². The van der Waals surface area contributed by atoms with E-state index in [2.05, 4.69) is 5.32 Å². The number of rotatable bonds is 3. The number of phenols is 1. The molecule has 1 aliphatic heterocycles. The summed E-state index contributed by atoms with van der Waals surface area (Å²) in [6.07, 6.45) is 0. The molecule has 21 heavy (non-hydrogen) atoms. The van der Waals surface area contributed by atoms with Crippen LogP contribution in [0.4, 0.5) is 0 Å². The Kier molecular flexibility index (Phi) is 4.80. The molecule has 0 aliphatic carbocycles. The van der Waals surface area contributed by atoms with Crippen LogP contribution in [-0.4, -0.2) is 54.2 Å². The molecule has 0 spiro atoms. The SMILES string of the molecule is CCOC(=O)C1CNCCN1C(=O)c1cc(C)ccc1O. The van der Waals surface area contributed by atoms with Crippen LogP contribution in [0.1, 0.15) is 22.8 Å². The minimum absolute atomic E-state index is 0.0771. The van der Waals surface area contributed by atoms with E-state index in [4.69, 9.17) is 4.74 Å². The average Bonchev–Trinajstić information content (AvgIpc) is 2.49. The molecule has 1 atom stereocenters. The van der Waals surface area contributed by atoms with Crippen molar-refractivity contribution in [1.29, 1.82) is 0 Å². The van der Waals surface area contributed by atoms with Gasteiger partial charge in [0.1, 0.15) is 11.8 Å². The predicted molar refractivity (Wildman–Crippen MR) is 77.2 cm³/mol. The first-order valence-corrected chi connectivity index (χ1v) is 7.02. The van der Waals surface area contributed by atoms with E-state index in [9.17, 15) is 14.7 Å². The highest BCUT2D eigenvalue weighted by atomic mass is 16.5. The summed E-state index contributed by atoms with van der Waals surface area (Å²) in [7, 11) is 0. The second-order valence-corrected chi connectivity index (χ2v) is 4.99. The fourth-order valence-corrected chi connectivity index (χ4v) is 2.37. The number of esters is 1. The third-order valence-electron chi connectivity index (χ3n) is 3.45. The number of aromatic hydroxyl groups is 1. The predicted octanol–water partition coefficient (Wildman–Crippen LogP) is 0.678. The number of amides is 1. The van der Waals surface area contributed by atoms with E-state index in [1.54, 1.807) is 19.1 Å². The molecule has 0 radical (unpaired) electrons. The summed E-state index contributed by atoms with van der Waals surface area (Å²) in [5.74, 6) is -0.854. The lowest BCUT2D eigenvalue weighted by Gasteiger charge is -2.34. The summed E-state index contributed by atoms with van der Waals surface area (Å²) in [4.78, 5) is 26.1. The Labute approximate surface area is 123 Å². The molecule has 0 aromatic heterocycles. The van der Waals surface area contributed by atoms with Crippen molar-refractivity contribution in [2.75, 3.05) is 26.2 Å². The number of benzene rings is 1. The standard InChI is InChI=1S/C15H20N2O4/c1-3-21-15(20)12-9-16-6-7-17(12)14(19)11-8-10(2)4-5-13(11)18/h4-5,8,12,16,18H,3,6-7,9H2,1-2H3. The van der Waals surface area contributed by atoms with E-state index < -0.39 is 12.0 Å². The number of nitrogens with one attached hydrogen (secondary N) is 1. The van der Waals surface area contributed by atoms with Gasteiger partial charge >= 0.3 is 5.97 Å². The summed E-state index contributed by atoms with van der Waals surface area (Å²) in [5.41, 5.74) is 1.09. The molecule has 1 saturated heterocycles. The molecule has 2 N–H and O–H groups in total. The van der Waals surface area contributed by atoms with Gasteiger partial charge in [0.2, 0.25) is 0 Å². The van der Waals surface area contributed by atoms with Crippen LogP contribution in [0.25, 0.3) is 0 Å². The van der Waals surface area contributed by atoms with E-state index in [1.807, 2.05) is 6.92 Å². The molecule has 1 aromatic rings. The molecule has 6 nitrogen and oxygen atoms in total. The molecule has 1 aromatic carbocycles. The highest BCUT2D eigenvalue weighted by molar-refractivity contribution is 5.99. The van der Waals surface area contributed by atoms with Gasteiger partial charge in [-0.3, -0.25) is 4.79 Å². The van der Waals surface area contributed by atoms with Crippen LogP contribution in [0.5, 0.6) is 5.75 Å². The monoisotopic (exact) mass is 292 g/mol. The maximum Gasteiger partial charge on any atom is 0.330 e. The zero-order valence-corrected chi connectivity index (χ0v) is 12.3. The third-order valence-corrected chi connectivity index (χ3v) is 3.45. The molecule has 114 valence electrons. The van der Waals surface area contributed by atoms with Crippen LogP contribution >= 0.6 is 0 Å². The second kappa shape index (κ2) is 6.58. The largest absolute Gasteiger partial charge is 0.507 e. The van der Waals surface area contributed by atoms with E-state index in [1.165, 1.54) is 11.0 Å². The lowest BCUT2D eigenvalue weighted by Crippen LogP contribution is -2.57. The smallest absolute Gasteiger partial charge is 0.330 e. The van der Waals surface area contributed by atoms with E-state index in [-0.39, 0.29) is 23.8 Å². The van der Waals surface area contributed by atoms with Crippen LogP contribution < -0.4 is 5.32 Å². The molecule has 0 bridgehead atoms. The first kappa shape index (κ1) is 15.3. The summed E-state index contributed by atoms with van der Waals surface area (Å²) in [6.45, 7) is 5.21. The maximum atomic E-state index is 12.6. The number of nitrogens with zero attached hydrogens (tertiary/aromatic N) is 1. The van der Waals surface area contributed by atoms with Crippen LogP contribution in [0.2, 0.25) is 0 Å². The summed E-state index contributed by atoms with van der Waals surface area (Å²) in [6, 6.07) is 4.18. The molecular weight excluding hydrogens is 272 g/mol. The van der Waals surface area contributed by atoms with Crippen molar-refractivity contribution in [2.45, 2.75) is 19.9 Å². The van der Waals surface area contributed by atoms with Crippen molar-refractivity contribution in [3.05, 3.63) is 29.3 Å². The molecule has 2 rings (SSSR count). The number of aryl methyl sites for hydroxylation is 1. The Balaban J connectivity index is 2.26. The Bertz CT molecular complexity index is 544. The molecule has 1 fully saturated rings. The van der Waals surface area contributed by atoms with Gasteiger partial charge < -0.3 is 20.1 Å². The van der Waals surface area contributed by atoms with Gasteiger partial charge in [0, 0.05) is 19.6 Å². The summed E-state index contributed by atoms with van der Waals surface area (Å²) >= 11 is 0. The quantitative estimate of drug-likeness (QED) is 0.801. The zero-order valence-electron chi connectivity index (χ0n) is 12.3. The molecule has 0 saturated carbocycles. The van der Waals surface area contributed by atoms with Gasteiger partial charge in [-0.15, -0.1) is 0 Å². The number of hydrogen-bond acceptors (Lipinski definition) is 5. The molecule has 1 unspecified atom stereocenters. The number of hydrogen-bond donors (Lipinski definition) is 2. The highest BCUT2D eigenvalue weighted by Crippen LogP contribution is 2.22. The van der Waals surface area contributed by atoms with Gasteiger partial charge in [-0.2, -0.15) is 0 Å². The van der Waals surface area contributed by atoms with Gasteiger partial charge in [-0.05, 0) is 26.0 Å². The van der Waals surface area contributed by atoms with E-state index >= 15 is 0 Å². The molecule has 1 heterocycles. The van der Waals surface area contributed by atoms with Crippen molar-refractivity contribution >= 4 is 11.9 Å². The highest BCUT2D eigenvalue weighted by Gasteiger charge is 2.34. The van der Waals surface area contributed by atoms with Gasteiger partial charge in [-0.1, -0.05) is 11.6 Å². The normalized spacial score (nSPS) is 18.4. The lowest BCUT2D eigenvalue weighted by molar-refractivity contribution is -0.149. The lowest BCUT2D eigenvalue weighted by atomic mass is 10.1. The second-order valence-electron chi connectivity index (χ2n) is 4.99. The first-order valence-electron chi connectivity index (χ1n) is 7.02. The van der Waals surface area contributed by atoms with Crippen LogP contribution in [0.15, 0.2) is 18.2 Å². The minimum atomic E-state index is -0.661. The van der Waals surface area contributed by atoms with Crippen molar-refractivity contribution in [1.82, 2.24) is 10.2 Å². The Hall–Kier alpha value is -2.08. The van der Waals surface area contributed by atoms with E-state index in [0.717, 1.165) is 5.56 Å². The number of carbonyl (C=O) groups excluding carboxylic acids is 2. The number of ether oxygens (including phenoxy) is 1. The van der Waals surface area contributed by atoms with Gasteiger partial charge in [0.15, 0.2) is 0 Å². The van der Waals surface area contributed by atoms with Crippen LogP contribution in [0.3, 0.4) is 0 Å². The van der Waals surface area contributed by atoms with Crippen LogP contribution in [-0.2, 0) is 9.53 Å². The fourth-order valence-electron chi connectivity index (χ4n) is 2.37. The summed E-state index contributed by atoms with van der Waals surface area (Å²) < 4.78 is 5.02. The summed E-state index contributed by atoms with van der Waals surface area (Å²) in [5, 5.41) is 13.0. The fraction of sp³-hybridized carbons (Fsp3) is 0.467. The zero-order chi connectivity index (χ0) is 15.4. The topological polar surface area (TPSA) is 78.9 Å².